The van der Waals surface area contributed by atoms with E-state index in [2.05, 4.69) is 48.6 Å². The van der Waals surface area contributed by atoms with Crippen LogP contribution >= 0.6 is 11.6 Å². The lowest BCUT2D eigenvalue weighted by Crippen LogP contribution is -2.18. The Morgan fingerprint density at radius 2 is 2.10 bits per heavy atom. The van der Waals surface area contributed by atoms with Gasteiger partial charge in [-0.3, -0.25) is 0 Å². The van der Waals surface area contributed by atoms with Crippen LogP contribution in [0.5, 0.6) is 0 Å². The van der Waals surface area contributed by atoms with Gasteiger partial charge in [-0.1, -0.05) is 48.9 Å². The predicted molar refractivity (Wildman–Crippen MR) is 86.4 cm³/mol. The van der Waals surface area contributed by atoms with Crippen LogP contribution in [0.1, 0.15) is 36.1 Å². The Labute approximate surface area is 126 Å². The summed E-state index contributed by atoms with van der Waals surface area (Å²) in [5.74, 6) is 0. The number of hydrogen-bond acceptors (Lipinski definition) is 1. The molecule has 3 rings (SSSR count). The van der Waals surface area contributed by atoms with Gasteiger partial charge < -0.3 is 5.32 Å². The summed E-state index contributed by atoms with van der Waals surface area (Å²) in [6.45, 7) is 5.23. The van der Waals surface area contributed by atoms with E-state index in [1.165, 1.54) is 28.7 Å². The second-order valence-electron chi connectivity index (χ2n) is 5.49. The Hall–Kier alpha value is -1.31. The maximum Gasteiger partial charge on any atom is 0.0441 e. The molecule has 1 nitrogen and oxygen atoms in total. The molecule has 1 N–H and O–H groups in total. The second kappa shape index (κ2) is 5.59. The topological polar surface area (TPSA) is 12.0 Å². The second-order valence-corrected chi connectivity index (χ2v) is 5.89. The standard InChI is InChI=1S/C18H20ClN/c1-3-20-18-10-9-15-14(5-4-6-16(15)18)13-8-7-12(2)17(19)11-13/h4-8,11,18,20H,3,9-10H2,1-2H3. The van der Waals surface area contributed by atoms with Gasteiger partial charge in [-0.25, -0.2) is 0 Å². The van der Waals surface area contributed by atoms with Gasteiger partial charge in [0.15, 0.2) is 0 Å². The molecule has 20 heavy (non-hydrogen) atoms. The van der Waals surface area contributed by atoms with Crippen molar-refractivity contribution in [1.82, 2.24) is 5.32 Å². The van der Waals surface area contributed by atoms with E-state index in [9.17, 15) is 0 Å². The van der Waals surface area contributed by atoms with Gasteiger partial charge in [0.05, 0.1) is 0 Å². The van der Waals surface area contributed by atoms with Gasteiger partial charge in [-0.05, 0) is 60.2 Å². The van der Waals surface area contributed by atoms with Gasteiger partial charge in [0, 0.05) is 11.1 Å². The average Bonchev–Trinajstić information content (AvgIpc) is 2.86. The van der Waals surface area contributed by atoms with Crippen LogP contribution in [0, 0.1) is 6.92 Å². The van der Waals surface area contributed by atoms with E-state index in [4.69, 9.17) is 11.6 Å². The normalized spacial score (nSPS) is 17.2. The van der Waals surface area contributed by atoms with E-state index in [1.807, 2.05) is 6.92 Å². The SMILES string of the molecule is CCNC1CCc2c(-c3ccc(C)c(Cl)c3)cccc21. The van der Waals surface area contributed by atoms with Gasteiger partial charge in [-0.2, -0.15) is 0 Å². The highest BCUT2D eigenvalue weighted by Crippen LogP contribution is 2.38. The molecule has 0 saturated heterocycles. The molecule has 104 valence electrons. The lowest BCUT2D eigenvalue weighted by Gasteiger charge is -2.14. The molecule has 1 aliphatic rings. The van der Waals surface area contributed by atoms with Crippen LogP contribution in [-0.4, -0.2) is 6.54 Å². The summed E-state index contributed by atoms with van der Waals surface area (Å²) >= 11 is 6.28. The molecule has 2 aromatic rings. The minimum absolute atomic E-state index is 0.510. The van der Waals surface area contributed by atoms with Crippen molar-refractivity contribution in [2.45, 2.75) is 32.7 Å². The minimum atomic E-state index is 0.510. The van der Waals surface area contributed by atoms with Crippen LogP contribution in [0.4, 0.5) is 0 Å². The molecule has 0 spiro atoms. The molecule has 1 atom stereocenters. The molecular weight excluding hydrogens is 266 g/mol. The van der Waals surface area contributed by atoms with E-state index in [0.717, 1.165) is 23.6 Å². The minimum Gasteiger partial charge on any atom is -0.310 e. The third-order valence-corrected chi connectivity index (χ3v) is 4.61. The maximum absolute atomic E-state index is 6.28. The summed E-state index contributed by atoms with van der Waals surface area (Å²) in [5, 5.41) is 4.42. The van der Waals surface area contributed by atoms with Crippen molar-refractivity contribution in [2.75, 3.05) is 6.54 Å². The Balaban J connectivity index is 2.05. The number of nitrogens with one attached hydrogen (secondary N) is 1. The third kappa shape index (κ3) is 2.36. The Bertz CT molecular complexity index is 633. The maximum atomic E-state index is 6.28. The number of aryl methyl sites for hydroxylation is 1. The van der Waals surface area contributed by atoms with Crippen molar-refractivity contribution in [3.63, 3.8) is 0 Å². The van der Waals surface area contributed by atoms with Crippen LogP contribution in [0.25, 0.3) is 11.1 Å². The molecule has 1 aliphatic carbocycles. The summed E-state index contributed by atoms with van der Waals surface area (Å²) in [7, 11) is 0. The largest absolute Gasteiger partial charge is 0.310 e. The van der Waals surface area contributed by atoms with Crippen molar-refractivity contribution < 1.29 is 0 Å². The van der Waals surface area contributed by atoms with E-state index >= 15 is 0 Å². The first-order chi connectivity index (χ1) is 9.70. The van der Waals surface area contributed by atoms with Crippen molar-refractivity contribution in [1.29, 1.82) is 0 Å². The zero-order valence-corrected chi connectivity index (χ0v) is 12.8. The molecule has 0 heterocycles. The number of fused-ring (bicyclic) bond motifs is 1. The molecule has 0 aliphatic heterocycles. The first-order valence-corrected chi connectivity index (χ1v) is 7.70. The molecule has 0 saturated carbocycles. The number of benzene rings is 2. The number of hydrogen-bond donors (Lipinski definition) is 1. The molecule has 1 unspecified atom stereocenters. The highest BCUT2D eigenvalue weighted by molar-refractivity contribution is 6.31. The van der Waals surface area contributed by atoms with E-state index in [0.29, 0.717) is 6.04 Å². The molecule has 2 aromatic carbocycles. The summed E-state index contributed by atoms with van der Waals surface area (Å²) in [5.41, 5.74) is 6.65. The van der Waals surface area contributed by atoms with E-state index < -0.39 is 0 Å². The van der Waals surface area contributed by atoms with E-state index in [1.54, 1.807) is 0 Å². The van der Waals surface area contributed by atoms with Crippen molar-refractivity contribution in [2.24, 2.45) is 0 Å². The summed E-state index contributed by atoms with van der Waals surface area (Å²) in [6.07, 6.45) is 2.34. The van der Waals surface area contributed by atoms with Crippen LogP contribution in [-0.2, 0) is 6.42 Å². The van der Waals surface area contributed by atoms with Crippen molar-refractivity contribution in [3.8, 4) is 11.1 Å². The van der Waals surface area contributed by atoms with Crippen LogP contribution in [0.2, 0.25) is 5.02 Å². The number of halogens is 1. The van der Waals surface area contributed by atoms with Crippen molar-refractivity contribution in [3.05, 3.63) is 58.1 Å². The molecular formula is C18H20ClN. The van der Waals surface area contributed by atoms with Gasteiger partial charge in [0.2, 0.25) is 0 Å². The monoisotopic (exact) mass is 285 g/mol. The fourth-order valence-electron chi connectivity index (χ4n) is 3.14. The zero-order valence-electron chi connectivity index (χ0n) is 12.0. The lowest BCUT2D eigenvalue weighted by molar-refractivity contribution is 0.549. The highest BCUT2D eigenvalue weighted by atomic mass is 35.5. The molecule has 0 fully saturated rings. The van der Waals surface area contributed by atoms with Crippen molar-refractivity contribution >= 4 is 11.6 Å². The highest BCUT2D eigenvalue weighted by Gasteiger charge is 2.24. The van der Waals surface area contributed by atoms with Gasteiger partial charge in [0.25, 0.3) is 0 Å². The zero-order chi connectivity index (χ0) is 14.1. The fraction of sp³-hybridized carbons (Fsp3) is 0.333. The summed E-state index contributed by atoms with van der Waals surface area (Å²) in [6, 6.07) is 13.5. The first-order valence-electron chi connectivity index (χ1n) is 7.32. The summed E-state index contributed by atoms with van der Waals surface area (Å²) < 4.78 is 0. The molecule has 0 amide bonds. The van der Waals surface area contributed by atoms with Crippen LogP contribution in [0.15, 0.2) is 36.4 Å². The molecule has 0 aromatic heterocycles. The van der Waals surface area contributed by atoms with Crippen LogP contribution < -0.4 is 5.32 Å². The summed E-state index contributed by atoms with van der Waals surface area (Å²) in [4.78, 5) is 0. The molecule has 0 radical (unpaired) electrons. The third-order valence-electron chi connectivity index (χ3n) is 4.20. The van der Waals surface area contributed by atoms with E-state index in [-0.39, 0.29) is 0 Å². The average molecular weight is 286 g/mol. The smallest absolute Gasteiger partial charge is 0.0441 e. The Morgan fingerprint density at radius 3 is 2.85 bits per heavy atom. The fourth-order valence-corrected chi connectivity index (χ4v) is 3.32. The number of rotatable bonds is 3. The predicted octanol–water partition coefficient (Wildman–Crippen LogP) is 4.91. The quantitative estimate of drug-likeness (QED) is 0.845. The van der Waals surface area contributed by atoms with Crippen LogP contribution in [0.3, 0.4) is 0 Å². The van der Waals surface area contributed by atoms with Gasteiger partial charge in [0.1, 0.15) is 0 Å². The first kappa shape index (κ1) is 13.7. The lowest BCUT2D eigenvalue weighted by atomic mass is 9.96. The molecule has 0 bridgehead atoms. The Morgan fingerprint density at radius 1 is 1.25 bits per heavy atom. The molecule has 2 heteroatoms. The van der Waals surface area contributed by atoms with Gasteiger partial charge >= 0.3 is 0 Å². The van der Waals surface area contributed by atoms with Gasteiger partial charge in [-0.15, -0.1) is 0 Å². The Kier molecular flexibility index (Phi) is 3.82.